The molecule has 1 aromatic carbocycles. The van der Waals surface area contributed by atoms with Gasteiger partial charge in [-0.15, -0.1) is 0 Å². The van der Waals surface area contributed by atoms with Crippen LogP contribution in [0.5, 0.6) is 0 Å². The molecule has 148 valence electrons. The van der Waals surface area contributed by atoms with E-state index in [-0.39, 0.29) is 11.3 Å². The van der Waals surface area contributed by atoms with E-state index in [1.165, 1.54) is 12.8 Å². The summed E-state index contributed by atoms with van der Waals surface area (Å²) in [5.74, 6) is 0.183. The van der Waals surface area contributed by atoms with Gasteiger partial charge in [0.15, 0.2) is 0 Å². The van der Waals surface area contributed by atoms with Crippen LogP contribution in [0.25, 0.3) is 0 Å². The Kier molecular flexibility index (Phi) is 6.54. The average Bonchev–Trinajstić information content (AvgIpc) is 2.98. The fraction of sp³-hybridized carbons (Fsp3) is 0.400. The maximum Gasteiger partial charge on any atom is 0.254 e. The molecule has 8 nitrogen and oxygen atoms in total. The summed E-state index contributed by atoms with van der Waals surface area (Å²) >= 11 is 0. The second-order valence-electron chi connectivity index (χ2n) is 6.90. The van der Waals surface area contributed by atoms with Gasteiger partial charge in [0.1, 0.15) is 17.1 Å². The van der Waals surface area contributed by atoms with Crippen LogP contribution in [0.2, 0.25) is 0 Å². The molecule has 1 amide bonds. The number of carbonyl (C=O) groups excluding carboxylic acids is 1. The molecule has 2 heterocycles. The second kappa shape index (κ2) is 9.27. The number of carbonyl (C=O) groups is 1. The third-order valence-electron chi connectivity index (χ3n) is 4.85. The highest BCUT2D eigenvalue weighted by atomic mass is 16.1. The third-order valence-corrected chi connectivity index (χ3v) is 4.85. The van der Waals surface area contributed by atoms with Gasteiger partial charge >= 0.3 is 0 Å². The predicted octanol–water partition coefficient (Wildman–Crippen LogP) is 2.20. The van der Waals surface area contributed by atoms with Gasteiger partial charge in [0, 0.05) is 25.0 Å². The topological polar surface area (TPSA) is 134 Å². The number of nitrogens with zero attached hydrogens (tertiary/aromatic N) is 3. The maximum absolute atomic E-state index is 12.0. The predicted molar refractivity (Wildman–Crippen MR) is 112 cm³/mol. The zero-order chi connectivity index (χ0) is 19.9. The van der Waals surface area contributed by atoms with Crippen LogP contribution in [0.3, 0.4) is 0 Å². The molecule has 28 heavy (non-hydrogen) atoms. The fourth-order valence-electron chi connectivity index (χ4n) is 3.37. The molecule has 1 fully saturated rings. The van der Waals surface area contributed by atoms with E-state index in [2.05, 4.69) is 20.2 Å². The number of amides is 1. The molecule has 1 aliphatic heterocycles. The summed E-state index contributed by atoms with van der Waals surface area (Å²) in [5, 5.41) is 10.9. The Hall–Kier alpha value is -3.00. The Morgan fingerprint density at radius 1 is 1.14 bits per heavy atom. The minimum atomic E-state index is -0.664. The van der Waals surface area contributed by atoms with E-state index < -0.39 is 5.91 Å². The number of nitrogens with two attached hydrogens (primary N) is 2. The van der Waals surface area contributed by atoms with Crippen LogP contribution in [0, 0.1) is 5.41 Å². The van der Waals surface area contributed by atoms with E-state index in [0.717, 1.165) is 49.8 Å². The fourth-order valence-corrected chi connectivity index (χ4v) is 3.37. The van der Waals surface area contributed by atoms with Crippen LogP contribution < -0.4 is 21.7 Å². The summed E-state index contributed by atoms with van der Waals surface area (Å²) in [6, 6.07) is 7.78. The lowest BCUT2D eigenvalue weighted by atomic mass is 10.1. The normalized spacial score (nSPS) is 14.4. The lowest BCUT2D eigenvalue weighted by molar-refractivity contribution is 0.100. The van der Waals surface area contributed by atoms with Crippen molar-refractivity contribution in [2.24, 2.45) is 11.5 Å². The van der Waals surface area contributed by atoms with Gasteiger partial charge in [0.05, 0.1) is 0 Å². The summed E-state index contributed by atoms with van der Waals surface area (Å²) in [6.45, 7) is 2.31. The van der Waals surface area contributed by atoms with E-state index in [1.807, 2.05) is 24.3 Å². The molecule has 0 radical (unpaired) electrons. The number of rotatable bonds is 7. The lowest BCUT2D eigenvalue weighted by Gasteiger charge is -2.22. The van der Waals surface area contributed by atoms with Crippen molar-refractivity contribution in [1.29, 1.82) is 5.41 Å². The Bertz CT molecular complexity index is 827. The number of hydrogen-bond donors (Lipinski definition) is 4. The number of aromatic nitrogens is 2. The molecule has 1 aromatic heterocycles. The Labute approximate surface area is 164 Å². The Morgan fingerprint density at radius 2 is 1.82 bits per heavy atom. The standard InChI is InChI=1S/C20H27N7O/c21-10-9-14-5-7-15(8-6-14)24-19-17(18(23)28)16(13-22)25-20(26-19)27-11-3-1-2-4-12-27/h5-8,13,22H,1-4,9-12,21H2,(H2,23,28)(H,24,25,26). The molecule has 8 heteroatoms. The summed E-state index contributed by atoms with van der Waals surface area (Å²) in [6.07, 6.45) is 6.38. The highest BCUT2D eigenvalue weighted by Crippen LogP contribution is 2.25. The molecular formula is C20H27N7O. The van der Waals surface area contributed by atoms with Gasteiger partial charge in [-0.1, -0.05) is 25.0 Å². The molecule has 0 bridgehead atoms. The quantitative estimate of drug-likeness (QED) is 0.543. The molecule has 0 saturated carbocycles. The minimum Gasteiger partial charge on any atom is -0.365 e. The van der Waals surface area contributed by atoms with Crippen LogP contribution in [0.4, 0.5) is 17.5 Å². The van der Waals surface area contributed by atoms with Crippen molar-refractivity contribution in [3.05, 3.63) is 41.1 Å². The molecule has 0 spiro atoms. The van der Waals surface area contributed by atoms with Crippen molar-refractivity contribution in [2.45, 2.75) is 32.1 Å². The molecule has 0 atom stereocenters. The van der Waals surface area contributed by atoms with Crippen molar-refractivity contribution in [3.63, 3.8) is 0 Å². The smallest absolute Gasteiger partial charge is 0.254 e. The van der Waals surface area contributed by atoms with Gasteiger partial charge in [0.2, 0.25) is 5.95 Å². The van der Waals surface area contributed by atoms with Crippen molar-refractivity contribution >= 4 is 29.6 Å². The van der Waals surface area contributed by atoms with Crippen LogP contribution in [0.15, 0.2) is 24.3 Å². The molecule has 6 N–H and O–H groups in total. The van der Waals surface area contributed by atoms with Crippen molar-refractivity contribution in [3.8, 4) is 0 Å². The highest BCUT2D eigenvalue weighted by molar-refractivity contribution is 6.04. The highest BCUT2D eigenvalue weighted by Gasteiger charge is 2.21. The van der Waals surface area contributed by atoms with Gasteiger partial charge in [-0.2, -0.15) is 4.98 Å². The first-order chi connectivity index (χ1) is 13.6. The maximum atomic E-state index is 12.0. The van der Waals surface area contributed by atoms with E-state index in [1.54, 1.807) is 0 Å². The molecule has 0 unspecified atom stereocenters. The van der Waals surface area contributed by atoms with Gasteiger partial charge < -0.3 is 27.1 Å². The van der Waals surface area contributed by atoms with Crippen molar-refractivity contribution in [2.75, 3.05) is 29.9 Å². The molecule has 3 rings (SSSR count). The number of hydrogen-bond acceptors (Lipinski definition) is 7. The third kappa shape index (κ3) is 4.64. The van der Waals surface area contributed by atoms with E-state index >= 15 is 0 Å². The summed E-state index contributed by atoms with van der Waals surface area (Å²) in [5.41, 5.74) is 13.4. The molecule has 0 aliphatic carbocycles. The van der Waals surface area contributed by atoms with Gasteiger partial charge in [0.25, 0.3) is 5.91 Å². The monoisotopic (exact) mass is 381 g/mol. The van der Waals surface area contributed by atoms with Crippen molar-refractivity contribution in [1.82, 2.24) is 9.97 Å². The largest absolute Gasteiger partial charge is 0.365 e. The molecule has 1 saturated heterocycles. The molecular weight excluding hydrogens is 354 g/mol. The summed E-state index contributed by atoms with van der Waals surface area (Å²) < 4.78 is 0. The van der Waals surface area contributed by atoms with Crippen LogP contribution in [0.1, 0.15) is 47.3 Å². The Balaban J connectivity index is 1.97. The second-order valence-corrected chi connectivity index (χ2v) is 6.90. The van der Waals surface area contributed by atoms with Crippen LogP contribution >= 0.6 is 0 Å². The first-order valence-electron chi connectivity index (χ1n) is 9.65. The van der Waals surface area contributed by atoms with Gasteiger partial charge in [-0.3, -0.25) is 4.79 Å². The van der Waals surface area contributed by atoms with Gasteiger partial charge in [-0.05, 0) is 43.5 Å². The van der Waals surface area contributed by atoms with E-state index in [0.29, 0.717) is 18.3 Å². The minimum absolute atomic E-state index is 0.125. The number of benzene rings is 1. The lowest BCUT2D eigenvalue weighted by Crippen LogP contribution is -2.28. The molecule has 1 aliphatic rings. The first kappa shape index (κ1) is 19.8. The number of primary amides is 1. The average molecular weight is 381 g/mol. The van der Waals surface area contributed by atoms with Gasteiger partial charge in [-0.25, -0.2) is 4.98 Å². The Morgan fingerprint density at radius 3 is 2.39 bits per heavy atom. The van der Waals surface area contributed by atoms with E-state index in [4.69, 9.17) is 16.9 Å². The van der Waals surface area contributed by atoms with Crippen LogP contribution in [-0.2, 0) is 6.42 Å². The first-order valence-corrected chi connectivity index (χ1v) is 9.65. The zero-order valence-corrected chi connectivity index (χ0v) is 15.9. The van der Waals surface area contributed by atoms with Crippen molar-refractivity contribution < 1.29 is 4.79 Å². The summed E-state index contributed by atoms with van der Waals surface area (Å²) in [4.78, 5) is 23.2. The zero-order valence-electron chi connectivity index (χ0n) is 15.9. The molecule has 2 aromatic rings. The summed E-state index contributed by atoms with van der Waals surface area (Å²) in [7, 11) is 0. The number of anilines is 3. The number of nitrogens with one attached hydrogen (secondary N) is 2. The SMILES string of the molecule is N=Cc1nc(N2CCCCCC2)nc(Nc2ccc(CCN)cc2)c1C(N)=O. The van der Waals surface area contributed by atoms with E-state index in [9.17, 15) is 4.79 Å². The van der Waals surface area contributed by atoms with Crippen LogP contribution in [-0.4, -0.2) is 41.7 Å².